The summed E-state index contributed by atoms with van der Waals surface area (Å²) in [5.41, 5.74) is 1.28. The molecule has 25 heavy (non-hydrogen) atoms. The number of nitrogens with one attached hydrogen (secondary N) is 2. The molecule has 0 aliphatic heterocycles. The number of aryl methyl sites for hydroxylation is 1. The number of imidazole rings is 1. The first-order valence-electron chi connectivity index (χ1n) is 7.80. The van der Waals surface area contributed by atoms with E-state index in [0.717, 1.165) is 5.56 Å². The molecule has 0 aliphatic carbocycles. The van der Waals surface area contributed by atoms with Gasteiger partial charge in [0.15, 0.2) is 0 Å². The first-order valence-corrected chi connectivity index (χ1v) is 7.80. The average Bonchev–Trinajstić information content (AvgIpc) is 3.05. The summed E-state index contributed by atoms with van der Waals surface area (Å²) in [6.07, 6.45) is 6.68. The van der Waals surface area contributed by atoms with Crippen molar-refractivity contribution in [1.82, 2.24) is 25.2 Å². The molecule has 6 nitrogen and oxygen atoms in total. The van der Waals surface area contributed by atoms with Crippen molar-refractivity contribution in [3.63, 3.8) is 0 Å². The van der Waals surface area contributed by atoms with Crippen molar-refractivity contribution in [1.29, 1.82) is 0 Å². The molecule has 1 atom stereocenters. The van der Waals surface area contributed by atoms with Gasteiger partial charge in [-0.1, -0.05) is 18.2 Å². The van der Waals surface area contributed by atoms with Gasteiger partial charge in [-0.3, -0.25) is 4.98 Å². The van der Waals surface area contributed by atoms with E-state index in [2.05, 4.69) is 20.6 Å². The molecule has 128 valence electrons. The number of nitrogens with zero attached hydrogens (tertiary/aromatic N) is 3. The van der Waals surface area contributed by atoms with Crippen molar-refractivity contribution in [2.24, 2.45) is 7.05 Å². The Hall–Kier alpha value is -3.22. The van der Waals surface area contributed by atoms with Gasteiger partial charge in [-0.2, -0.15) is 0 Å². The topological polar surface area (TPSA) is 71.8 Å². The molecule has 0 spiro atoms. The van der Waals surface area contributed by atoms with E-state index in [-0.39, 0.29) is 0 Å². The van der Waals surface area contributed by atoms with Crippen molar-refractivity contribution in [2.45, 2.75) is 12.6 Å². The summed E-state index contributed by atoms with van der Waals surface area (Å²) in [6, 6.07) is 8.86. The highest BCUT2D eigenvalue weighted by atomic mass is 19.1. The Morgan fingerprint density at radius 1 is 1.20 bits per heavy atom. The third-order valence-electron chi connectivity index (χ3n) is 3.81. The van der Waals surface area contributed by atoms with E-state index in [0.29, 0.717) is 17.9 Å². The minimum absolute atomic E-state index is 0.346. The van der Waals surface area contributed by atoms with Gasteiger partial charge < -0.3 is 15.2 Å². The number of amides is 2. The maximum absolute atomic E-state index is 14.2. The van der Waals surface area contributed by atoms with Crippen molar-refractivity contribution < 1.29 is 9.18 Å². The van der Waals surface area contributed by atoms with Gasteiger partial charge in [0.05, 0.1) is 0 Å². The van der Waals surface area contributed by atoms with Crippen molar-refractivity contribution in [2.75, 3.05) is 0 Å². The van der Waals surface area contributed by atoms with E-state index in [1.807, 2.05) is 12.1 Å². The van der Waals surface area contributed by atoms with Crippen LogP contribution in [0.15, 0.2) is 61.2 Å². The third-order valence-corrected chi connectivity index (χ3v) is 3.81. The molecule has 0 fully saturated rings. The Labute approximate surface area is 144 Å². The Morgan fingerprint density at radius 3 is 2.64 bits per heavy atom. The van der Waals surface area contributed by atoms with Gasteiger partial charge in [-0.15, -0.1) is 0 Å². The molecular weight excluding hydrogens is 321 g/mol. The number of hydrogen-bond donors (Lipinski definition) is 2. The monoisotopic (exact) mass is 339 g/mol. The molecule has 2 N–H and O–H groups in total. The van der Waals surface area contributed by atoms with Gasteiger partial charge in [0.1, 0.15) is 17.7 Å². The molecule has 0 bridgehead atoms. The van der Waals surface area contributed by atoms with Gasteiger partial charge in [0.25, 0.3) is 0 Å². The molecule has 0 radical (unpaired) electrons. The van der Waals surface area contributed by atoms with E-state index in [1.54, 1.807) is 54.6 Å². The number of benzene rings is 1. The average molecular weight is 339 g/mol. The number of carbonyl (C=O) groups excluding carboxylic acids is 1. The highest BCUT2D eigenvalue weighted by Crippen LogP contribution is 2.22. The van der Waals surface area contributed by atoms with Crippen LogP contribution >= 0.6 is 0 Å². The molecule has 1 aromatic carbocycles. The highest BCUT2D eigenvalue weighted by Gasteiger charge is 2.23. The first-order chi connectivity index (χ1) is 12.1. The molecule has 2 amide bonds. The molecule has 0 aliphatic rings. The highest BCUT2D eigenvalue weighted by molar-refractivity contribution is 5.74. The van der Waals surface area contributed by atoms with Crippen LogP contribution in [0.2, 0.25) is 0 Å². The fraction of sp³-hybridized carbons (Fsp3) is 0.167. The lowest BCUT2D eigenvalue weighted by Crippen LogP contribution is -2.39. The van der Waals surface area contributed by atoms with E-state index in [9.17, 15) is 9.18 Å². The van der Waals surface area contributed by atoms with Gasteiger partial charge >= 0.3 is 6.03 Å². The number of aromatic nitrogens is 3. The SMILES string of the molecule is Cn1ccnc1C(NC(=O)NCc1ccncc1)c1ccccc1F. The number of pyridine rings is 1. The lowest BCUT2D eigenvalue weighted by atomic mass is 10.1. The number of carbonyl (C=O) groups is 1. The minimum atomic E-state index is -0.696. The maximum atomic E-state index is 14.2. The van der Waals surface area contributed by atoms with E-state index < -0.39 is 17.9 Å². The van der Waals surface area contributed by atoms with Crippen LogP contribution in [0, 0.1) is 5.82 Å². The second kappa shape index (κ2) is 7.57. The minimum Gasteiger partial charge on any atom is -0.336 e. The summed E-state index contributed by atoms with van der Waals surface area (Å²) in [6.45, 7) is 0.346. The zero-order valence-electron chi connectivity index (χ0n) is 13.7. The molecule has 0 saturated heterocycles. The lowest BCUT2D eigenvalue weighted by molar-refractivity contribution is 0.237. The third kappa shape index (κ3) is 4.00. The summed E-state index contributed by atoms with van der Waals surface area (Å²) in [7, 11) is 1.80. The number of halogens is 1. The smallest absolute Gasteiger partial charge is 0.315 e. The Kier molecular flexibility index (Phi) is 5.03. The van der Waals surface area contributed by atoms with Crippen molar-refractivity contribution >= 4 is 6.03 Å². The molecule has 0 saturated carbocycles. The fourth-order valence-corrected chi connectivity index (χ4v) is 2.51. The van der Waals surface area contributed by atoms with E-state index in [4.69, 9.17) is 0 Å². The first kappa shape index (κ1) is 16.6. The standard InChI is InChI=1S/C18H18FN5O/c1-24-11-10-21-17(24)16(14-4-2-3-5-15(14)19)23-18(25)22-12-13-6-8-20-9-7-13/h2-11,16H,12H2,1H3,(H2,22,23,25). The summed E-state index contributed by atoms with van der Waals surface area (Å²) < 4.78 is 16.0. The van der Waals surface area contributed by atoms with Crippen LogP contribution in [0.25, 0.3) is 0 Å². The van der Waals surface area contributed by atoms with Gasteiger partial charge in [-0.25, -0.2) is 14.2 Å². The predicted octanol–water partition coefficient (Wildman–Crippen LogP) is 2.54. The molecule has 2 aromatic heterocycles. The Morgan fingerprint density at radius 2 is 1.96 bits per heavy atom. The lowest BCUT2D eigenvalue weighted by Gasteiger charge is -2.20. The number of urea groups is 1. The van der Waals surface area contributed by atoms with Crippen LogP contribution in [-0.2, 0) is 13.6 Å². The van der Waals surface area contributed by atoms with Crippen LogP contribution in [0.1, 0.15) is 23.0 Å². The summed E-state index contributed by atoms with van der Waals surface area (Å²) in [5, 5.41) is 5.56. The zero-order valence-corrected chi connectivity index (χ0v) is 13.7. The molecule has 3 aromatic rings. The second-order valence-electron chi connectivity index (χ2n) is 5.53. The predicted molar refractivity (Wildman–Crippen MR) is 91.1 cm³/mol. The number of rotatable bonds is 5. The molecular formula is C18H18FN5O. The quantitative estimate of drug-likeness (QED) is 0.750. The van der Waals surface area contributed by atoms with Gasteiger partial charge in [-0.05, 0) is 23.8 Å². The molecule has 7 heteroatoms. The summed E-state index contributed by atoms with van der Waals surface area (Å²) in [5.74, 6) is 0.147. The molecule has 3 rings (SSSR count). The molecule has 2 heterocycles. The van der Waals surface area contributed by atoms with Crippen LogP contribution in [0.3, 0.4) is 0 Å². The number of hydrogen-bond acceptors (Lipinski definition) is 3. The van der Waals surface area contributed by atoms with Crippen LogP contribution < -0.4 is 10.6 Å². The Bertz CT molecular complexity index is 849. The summed E-state index contributed by atoms with van der Waals surface area (Å²) in [4.78, 5) is 20.5. The van der Waals surface area contributed by atoms with Crippen molar-refractivity contribution in [3.8, 4) is 0 Å². The summed E-state index contributed by atoms with van der Waals surface area (Å²) >= 11 is 0. The molecule has 1 unspecified atom stereocenters. The van der Waals surface area contributed by atoms with Crippen LogP contribution in [0.5, 0.6) is 0 Å². The van der Waals surface area contributed by atoms with Crippen LogP contribution in [-0.4, -0.2) is 20.6 Å². The zero-order chi connectivity index (χ0) is 17.6. The van der Waals surface area contributed by atoms with Crippen LogP contribution in [0.4, 0.5) is 9.18 Å². The second-order valence-corrected chi connectivity index (χ2v) is 5.53. The van der Waals surface area contributed by atoms with Gasteiger partial charge in [0.2, 0.25) is 0 Å². The van der Waals surface area contributed by atoms with Gasteiger partial charge in [0, 0.05) is 43.9 Å². The Balaban J connectivity index is 1.77. The van der Waals surface area contributed by atoms with Crippen molar-refractivity contribution in [3.05, 3.63) is 84.0 Å². The van der Waals surface area contributed by atoms with E-state index >= 15 is 0 Å². The maximum Gasteiger partial charge on any atom is 0.315 e. The largest absolute Gasteiger partial charge is 0.336 e. The van der Waals surface area contributed by atoms with E-state index in [1.165, 1.54) is 6.07 Å². The normalized spacial score (nSPS) is 11.8. The fourth-order valence-electron chi connectivity index (χ4n) is 2.51.